The Morgan fingerprint density at radius 1 is 1.13 bits per heavy atom. The Balaban J connectivity index is 2.31. The Bertz CT molecular complexity index is 710. The number of allylic oxidation sites excluding steroid dienone is 4. The second-order valence-electron chi connectivity index (χ2n) is 5.88. The quantitative estimate of drug-likeness (QED) is 0.591. The molecule has 1 fully saturated rings. The molecule has 0 saturated carbocycles. The van der Waals surface area contributed by atoms with Gasteiger partial charge in [-0.05, 0) is 39.0 Å². The lowest BCUT2D eigenvalue weighted by molar-refractivity contribution is 0.0954. The van der Waals surface area contributed by atoms with E-state index in [0.717, 1.165) is 13.1 Å². The van der Waals surface area contributed by atoms with Gasteiger partial charge in [0.05, 0.1) is 0 Å². The lowest BCUT2D eigenvalue weighted by atomic mass is 9.95. The number of nitriles is 3. The van der Waals surface area contributed by atoms with Crippen molar-refractivity contribution in [3.05, 3.63) is 46.9 Å². The van der Waals surface area contributed by atoms with Gasteiger partial charge in [-0.3, -0.25) is 0 Å². The Labute approximate surface area is 136 Å². The van der Waals surface area contributed by atoms with Gasteiger partial charge in [0.15, 0.2) is 11.3 Å². The van der Waals surface area contributed by atoms with E-state index in [1.54, 1.807) is 12.1 Å². The topological polar surface area (TPSA) is 83.8 Å². The first-order valence-corrected chi connectivity index (χ1v) is 7.51. The molecule has 0 aromatic carbocycles. The fourth-order valence-electron chi connectivity index (χ4n) is 2.70. The number of likely N-dealkylation sites (tertiary alicyclic amines) is 1. The Kier molecular flexibility index (Phi) is 4.89. The van der Waals surface area contributed by atoms with Crippen LogP contribution in [0.15, 0.2) is 46.9 Å². The molecule has 0 radical (unpaired) electrons. The van der Waals surface area contributed by atoms with Gasteiger partial charge in [-0.1, -0.05) is 12.2 Å². The predicted molar refractivity (Wildman–Crippen MR) is 85.1 cm³/mol. The highest BCUT2D eigenvalue weighted by molar-refractivity contribution is 5.60. The van der Waals surface area contributed by atoms with Gasteiger partial charge in [0.1, 0.15) is 29.4 Å². The maximum Gasteiger partial charge on any atom is 0.172 e. The fourth-order valence-corrected chi connectivity index (χ4v) is 2.70. The summed E-state index contributed by atoms with van der Waals surface area (Å²) < 4.78 is 5.69. The van der Waals surface area contributed by atoms with Gasteiger partial charge in [0.2, 0.25) is 0 Å². The molecule has 2 aliphatic heterocycles. The Morgan fingerprint density at radius 3 is 2.35 bits per heavy atom. The predicted octanol–water partition coefficient (Wildman–Crippen LogP) is 3.08. The molecule has 0 atom stereocenters. The van der Waals surface area contributed by atoms with Crippen molar-refractivity contribution in [2.45, 2.75) is 32.3 Å². The number of ether oxygens (including phenoxy) is 1. The molecule has 0 spiro atoms. The average Bonchev–Trinajstić information content (AvgIpc) is 3.11. The summed E-state index contributed by atoms with van der Waals surface area (Å²) >= 11 is 0. The Hall–Kier alpha value is -2.97. The molecule has 0 aliphatic carbocycles. The molecule has 5 nitrogen and oxygen atoms in total. The van der Waals surface area contributed by atoms with E-state index in [1.807, 2.05) is 38.3 Å². The molecule has 1 saturated heterocycles. The van der Waals surface area contributed by atoms with Gasteiger partial charge in [0.25, 0.3) is 0 Å². The van der Waals surface area contributed by atoms with Crippen molar-refractivity contribution in [3.8, 4) is 18.2 Å². The van der Waals surface area contributed by atoms with Gasteiger partial charge in [-0.2, -0.15) is 15.8 Å². The summed E-state index contributed by atoms with van der Waals surface area (Å²) in [7, 11) is 0. The molecule has 116 valence electrons. The Morgan fingerprint density at radius 2 is 1.78 bits per heavy atom. The van der Waals surface area contributed by atoms with Crippen molar-refractivity contribution in [2.75, 3.05) is 13.1 Å². The first-order chi connectivity index (χ1) is 11.0. The van der Waals surface area contributed by atoms with Crippen LogP contribution in [0.2, 0.25) is 0 Å². The second kappa shape index (κ2) is 6.86. The molecule has 0 aromatic rings. The zero-order valence-corrected chi connectivity index (χ0v) is 13.3. The van der Waals surface area contributed by atoms with E-state index in [1.165, 1.54) is 12.8 Å². The largest absolute Gasteiger partial charge is 0.480 e. The summed E-state index contributed by atoms with van der Waals surface area (Å²) in [5, 5.41) is 27.4. The molecule has 5 heteroatoms. The maximum absolute atomic E-state index is 9.41. The van der Waals surface area contributed by atoms with Crippen molar-refractivity contribution in [2.24, 2.45) is 0 Å². The molecule has 2 rings (SSSR count). The molecule has 0 amide bonds. The zero-order chi connectivity index (χ0) is 16.9. The molecule has 0 unspecified atom stereocenters. The normalized spacial score (nSPS) is 19.8. The zero-order valence-electron chi connectivity index (χ0n) is 13.3. The highest BCUT2D eigenvalue weighted by Crippen LogP contribution is 2.40. The summed E-state index contributed by atoms with van der Waals surface area (Å²) in [5.41, 5.74) is -0.00855. The minimum atomic E-state index is -0.753. The van der Waals surface area contributed by atoms with Gasteiger partial charge < -0.3 is 9.64 Å². The average molecular weight is 306 g/mol. The first-order valence-electron chi connectivity index (χ1n) is 7.51. The van der Waals surface area contributed by atoms with Crippen molar-refractivity contribution in [1.29, 1.82) is 15.8 Å². The molecule has 0 bridgehead atoms. The van der Waals surface area contributed by atoms with Crippen molar-refractivity contribution >= 4 is 0 Å². The van der Waals surface area contributed by atoms with E-state index in [2.05, 4.69) is 11.0 Å². The first kappa shape index (κ1) is 16.4. The minimum Gasteiger partial charge on any atom is -0.480 e. The standard InChI is InChI=1S/C18H18N4O/c1-18(2)16(7-3-4-8-22-9-5-6-10-22)15(13-21)17(23-18)14(11-19)12-20/h3-4,7-8H,5-6,9-10H2,1-2H3/b7-3+,8-4+. The highest BCUT2D eigenvalue weighted by Gasteiger charge is 2.38. The summed E-state index contributed by atoms with van der Waals surface area (Å²) in [5.74, 6) is 0.0747. The molecule has 0 N–H and O–H groups in total. The molecule has 23 heavy (non-hydrogen) atoms. The van der Waals surface area contributed by atoms with E-state index in [9.17, 15) is 5.26 Å². The molecular weight excluding hydrogens is 288 g/mol. The lowest BCUT2D eigenvalue weighted by Gasteiger charge is -2.20. The summed E-state index contributed by atoms with van der Waals surface area (Å²) in [6, 6.07) is 5.63. The van der Waals surface area contributed by atoms with Crippen molar-refractivity contribution in [1.82, 2.24) is 4.90 Å². The smallest absolute Gasteiger partial charge is 0.172 e. The van der Waals surface area contributed by atoms with Crippen LogP contribution in [-0.2, 0) is 4.74 Å². The van der Waals surface area contributed by atoms with E-state index in [0.29, 0.717) is 5.57 Å². The van der Waals surface area contributed by atoms with Gasteiger partial charge >= 0.3 is 0 Å². The van der Waals surface area contributed by atoms with Crippen LogP contribution in [0.5, 0.6) is 0 Å². The van der Waals surface area contributed by atoms with Gasteiger partial charge in [-0.15, -0.1) is 0 Å². The third kappa shape index (κ3) is 3.44. The van der Waals surface area contributed by atoms with E-state index in [4.69, 9.17) is 15.3 Å². The molecule has 2 heterocycles. The number of nitrogens with zero attached hydrogens (tertiary/aromatic N) is 4. The second-order valence-corrected chi connectivity index (χ2v) is 5.88. The SMILES string of the molecule is CC1(C)OC(=C(C#N)C#N)C(C#N)=C1/C=C/C=C/N1CCCC1. The van der Waals surface area contributed by atoms with Crippen molar-refractivity contribution < 1.29 is 4.74 Å². The number of hydrogen-bond acceptors (Lipinski definition) is 5. The molecular formula is C18H18N4O. The van der Waals surface area contributed by atoms with Gasteiger partial charge in [-0.25, -0.2) is 0 Å². The number of hydrogen-bond donors (Lipinski definition) is 0. The third-order valence-corrected chi connectivity index (χ3v) is 3.88. The van der Waals surface area contributed by atoms with Crippen LogP contribution in [0.4, 0.5) is 0 Å². The van der Waals surface area contributed by atoms with Gasteiger partial charge in [0, 0.05) is 18.7 Å². The summed E-state index contributed by atoms with van der Waals surface area (Å²) in [4.78, 5) is 2.25. The highest BCUT2D eigenvalue weighted by atomic mass is 16.5. The van der Waals surface area contributed by atoms with E-state index < -0.39 is 5.60 Å². The fraction of sp³-hybridized carbons (Fsp3) is 0.389. The van der Waals surface area contributed by atoms with Crippen molar-refractivity contribution in [3.63, 3.8) is 0 Å². The summed E-state index contributed by atoms with van der Waals surface area (Å²) in [6.45, 7) is 5.78. The molecule has 2 aliphatic rings. The lowest BCUT2D eigenvalue weighted by Crippen LogP contribution is -2.20. The molecule has 0 aromatic heterocycles. The van der Waals surface area contributed by atoms with Crippen LogP contribution in [0.25, 0.3) is 0 Å². The van der Waals surface area contributed by atoms with Crippen LogP contribution in [-0.4, -0.2) is 23.6 Å². The summed E-state index contributed by atoms with van der Waals surface area (Å²) in [6.07, 6.45) is 10.1. The number of rotatable bonds is 3. The van der Waals surface area contributed by atoms with Crippen LogP contribution in [0.3, 0.4) is 0 Å². The van der Waals surface area contributed by atoms with E-state index >= 15 is 0 Å². The third-order valence-electron chi connectivity index (χ3n) is 3.88. The van der Waals surface area contributed by atoms with Crippen LogP contribution in [0, 0.1) is 34.0 Å². The van der Waals surface area contributed by atoms with Crippen LogP contribution in [0.1, 0.15) is 26.7 Å². The minimum absolute atomic E-state index is 0.0747. The maximum atomic E-state index is 9.41. The van der Waals surface area contributed by atoms with Crippen LogP contribution >= 0.6 is 0 Å². The van der Waals surface area contributed by atoms with Crippen LogP contribution < -0.4 is 0 Å². The monoisotopic (exact) mass is 306 g/mol. The van der Waals surface area contributed by atoms with E-state index in [-0.39, 0.29) is 16.9 Å².